The van der Waals surface area contributed by atoms with Gasteiger partial charge in [-0.3, -0.25) is 33.7 Å². The van der Waals surface area contributed by atoms with E-state index in [9.17, 15) is 33.6 Å². The SMILES string of the molecule is CC(=O)C(CCCNC(N)=O)NC(=O)[C@@H](NC(=O)CCOCCOCCNC(=O)CCN1C(=O)CCC1=O)C(C)C. The molecule has 0 spiro atoms. The number of nitrogens with zero attached hydrogens (tertiary/aromatic N) is 1. The number of nitrogens with one attached hydrogen (secondary N) is 4. The van der Waals surface area contributed by atoms with Gasteiger partial charge in [0.25, 0.3) is 0 Å². The molecule has 7 amide bonds. The number of ketones is 1. The molecule has 1 fully saturated rings. The highest BCUT2D eigenvalue weighted by atomic mass is 16.5. The lowest BCUT2D eigenvalue weighted by Gasteiger charge is -2.24. The Bertz CT molecular complexity index is 911. The van der Waals surface area contributed by atoms with Gasteiger partial charge in [-0.25, -0.2) is 4.79 Å². The number of imide groups is 1. The Morgan fingerprint density at radius 2 is 1.49 bits per heavy atom. The van der Waals surface area contributed by atoms with Crippen molar-refractivity contribution in [3.63, 3.8) is 0 Å². The Morgan fingerprint density at radius 3 is 2.07 bits per heavy atom. The molecule has 1 rings (SSSR count). The number of urea groups is 1. The number of amides is 7. The monoisotopic (exact) mass is 584 g/mol. The molecule has 0 aromatic carbocycles. The van der Waals surface area contributed by atoms with Crippen molar-refractivity contribution < 1.29 is 43.0 Å². The van der Waals surface area contributed by atoms with Crippen LogP contribution in [0.15, 0.2) is 0 Å². The molecule has 0 bridgehead atoms. The lowest BCUT2D eigenvalue weighted by atomic mass is 10.0. The summed E-state index contributed by atoms with van der Waals surface area (Å²) >= 11 is 0. The van der Waals surface area contributed by atoms with E-state index in [2.05, 4.69) is 21.3 Å². The first-order chi connectivity index (χ1) is 19.4. The second kappa shape index (κ2) is 19.5. The zero-order valence-electron chi connectivity index (χ0n) is 24.1. The van der Waals surface area contributed by atoms with Gasteiger partial charge in [-0.1, -0.05) is 13.8 Å². The van der Waals surface area contributed by atoms with Crippen LogP contribution in [0.2, 0.25) is 0 Å². The second-order valence-electron chi connectivity index (χ2n) is 9.91. The molecule has 0 saturated carbocycles. The van der Waals surface area contributed by atoms with Crippen molar-refractivity contribution in [3.8, 4) is 0 Å². The van der Waals surface area contributed by atoms with Crippen LogP contribution in [0.4, 0.5) is 4.79 Å². The standard InChI is InChI=1S/C26H44N6O9/c1-17(2)24(25(38)30-19(18(3)33)5-4-10-29-26(27)39)31-21(35)9-13-40-15-16-41-14-11-28-20(34)8-12-32-22(36)6-7-23(32)37/h17,19,24H,4-16H2,1-3H3,(H,28,34)(H,30,38)(H,31,35)(H3,27,29,39)/t19?,24-/m0/s1. The number of likely N-dealkylation sites (tertiary alicyclic amines) is 1. The zero-order chi connectivity index (χ0) is 30.8. The molecule has 0 aromatic heterocycles. The number of hydrogen-bond donors (Lipinski definition) is 5. The number of Topliss-reactive ketones (excluding diaryl/α,β-unsaturated/α-hetero) is 1. The highest BCUT2D eigenvalue weighted by Gasteiger charge is 2.29. The maximum absolute atomic E-state index is 12.8. The number of carbonyl (C=O) groups excluding carboxylic acids is 7. The summed E-state index contributed by atoms with van der Waals surface area (Å²) in [7, 11) is 0. The van der Waals surface area contributed by atoms with Crippen molar-refractivity contribution in [2.24, 2.45) is 11.7 Å². The van der Waals surface area contributed by atoms with E-state index in [1.54, 1.807) is 13.8 Å². The summed E-state index contributed by atoms with van der Waals surface area (Å²) in [6.07, 6.45) is 1.19. The number of nitrogens with two attached hydrogens (primary N) is 1. The molecule has 1 saturated heterocycles. The van der Waals surface area contributed by atoms with Gasteiger partial charge in [-0.15, -0.1) is 0 Å². The predicted octanol–water partition coefficient (Wildman–Crippen LogP) is -1.27. The molecule has 232 valence electrons. The van der Waals surface area contributed by atoms with Crippen LogP contribution in [0, 0.1) is 5.92 Å². The quantitative estimate of drug-likeness (QED) is 0.0801. The first-order valence-corrected chi connectivity index (χ1v) is 13.8. The molecule has 0 aliphatic carbocycles. The molecule has 1 aliphatic rings. The zero-order valence-corrected chi connectivity index (χ0v) is 24.1. The Balaban J connectivity index is 2.19. The summed E-state index contributed by atoms with van der Waals surface area (Å²) < 4.78 is 10.8. The average Bonchev–Trinajstić information content (AvgIpc) is 3.22. The van der Waals surface area contributed by atoms with Gasteiger partial charge in [0.15, 0.2) is 5.78 Å². The van der Waals surface area contributed by atoms with Gasteiger partial charge in [-0.2, -0.15) is 0 Å². The van der Waals surface area contributed by atoms with Crippen molar-refractivity contribution in [1.82, 2.24) is 26.2 Å². The topological polar surface area (TPSA) is 215 Å². The van der Waals surface area contributed by atoms with Crippen molar-refractivity contribution in [2.45, 2.75) is 71.4 Å². The maximum Gasteiger partial charge on any atom is 0.312 e. The lowest BCUT2D eigenvalue weighted by Crippen LogP contribution is -2.53. The van der Waals surface area contributed by atoms with Gasteiger partial charge in [0.2, 0.25) is 29.5 Å². The minimum Gasteiger partial charge on any atom is -0.379 e. The number of primary amides is 1. The molecule has 15 heteroatoms. The van der Waals surface area contributed by atoms with Crippen LogP contribution in [0.25, 0.3) is 0 Å². The predicted molar refractivity (Wildman–Crippen MR) is 146 cm³/mol. The minimum atomic E-state index is -0.844. The molecule has 2 atom stereocenters. The van der Waals surface area contributed by atoms with Gasteiger partial charge in [0.1, 0.15) is 6.04 Å². The fraction of sp³-hybridized carbons (Fsp3) is 0.731. The average molecular weight is 585 g/mol. The van der Waals surface area contributed by atoms with Gasteiger partial charge in [0.05, 0.1) is 32.5 Å². The molecule has 41 heavy (non-hydrogen) atoms. The van der Waals surface area contributed by atoms with Gasteiger partial charge in [-0.05, 0) is 25.7 Å². The Hall–Kier alpha value is -3.59. The Labute approximate surface area is 240 Å². The van der Waals surface area contributed by atoms with Crippen LogP contribution in [0.1, 0.15) is 59.3 Å². The number of carbonyl (C=O) groups is 7. The normalized spacial score (nSPS) is 14.5. The molecule has 1 heterocycles. The summed E-state index contributed by atoms with van der Waals surface area (Å²) in [6.45, 7) is 6.32. The molecule has 0 radical (unpaired) electrons. The van der Waals surface area contributed by atoms with E-state index < -0.39 is 24.0 Å². The van der Waals surface area contributed by atoms with E-state index in [0.29, 0.717) is 12.8 Å². The smallest absolute Gasteiger partial charge is 0.312 e. The van der Waals surface area contributed by atoms with Gasteiger partial charge >= 0.3 is 6.03 Å². The molecular weight excluding hydrogens is 540 g/mol. The molecule has 15 nitrogen and oxygen atoms in total. The molecular formula is C26H44N6O9. The summed E-state index contributed by atoms with van der Waals surface area (Å²) in [5.74, 6) is -2.13. The number of ether oxygens (including phenoxy) is 2. The largest absolute Gasteiger partial charge is 0.379 e. The van der Waals surface area contributed by atoms with Crippen molar-refractivity contribution >= 4 is 41.4 Å². The second-order valence-corrected chi connectivity index (χ2v) is 9.91. The highest BCUT2D eigenvalue weighted by molar-refractivity contribution is 6.02. The van der Waals surface area contributed by atoms with E-state index in [4.69, 9.17) is 15.2 Å². The van der Waals surface area contributed by atoms with Gasteiger partial charge < -0.3 is 36.5 Å². The summed E-state index contributed by atoms with van der Waals surface area (Å²) in [5.41, 5.74) is 5.01. The first-order valence-electron chi connectivity index (χ1n) is 13.8. The maximum atomic E-state index is 12.8. The van der Waals surface area contributed by atoms with E-state index >= 15 is 0 Å². The molecule has 1 aliphatic heterocycles. The fourth-order valence-corrected chi connectivity index (χ4v) is 3.86. The number of hydrogen-bond acceptors (Lipinski definition) is 9. The molecule has 1 unspecified atom stereocenters. The van der Waals surface area contributed by atoms with Crippen LogP contribution in [-0.2, 0) is 38.2 Å². The molecule has 6 N–H and O–H groups in total. The summed E-state index contributed by atoms with van der Waals surface area (Å²) in [5, 5.41) is 10.4. The lowest BCUT2D eigenvalue weighted by molar-refractivity contribution is -0.138. The van der Waals surface area contributed by atoms with Crippen LogP contribution < -0.4 is 27.0 Å². The van der Waals surface area contributed by atoms with Crippen LogP contribution in [0.3, 0.4) is 0 Å². The Morgan fingerprint density at radius 1 is 0.854 bits per heavy atom. The summed E-state index contributed by atoms with van der Waals surface area (Å²) in [6, 6.07) is -2.26. The third kappa shape index (κ3) is 15.1. The van der Waals surface area contributed by atoms with E-state index in [0.717, 1.165) is 4.90 Å². The summed E-state index contributed by atoms with van der Waals surface area (Å²) in [4.78, 5) is 83.8. The molecule has 0 aromatic rings. The Kier molecular flexibility index (Phi) is 16.8. The van der Waals surface area contributed by atoms with Crippen LogP contribution in [0.5, 0.6) is 0 Å². The van der Waals surface area contributed by atoms with Gasteiger partial charge in [0, 0.05) is 45.3 Å². The minimum absolute atomic E-state index is 0.0174. The highest BCUT2D eigenvalue weighted by Crippen LogP contribution is 2.11. The first kappa shape index (κ1) is 35.4. The third-order valence-electron chi connectivity index (χ3n) is 6.17. The third-order valence-corrected chi connectivity index (χ3v) is 6.17. The van der Waals surface area contributed by atoms with E-state index in [1.165, 1.54) is 6.92 Å². The van der Waals surface area contributed by atoms with Crippen molar-refractivity contribution in [1.29, 1.82) is 0 Å². The number of rotatable bonds is 21. The van der Waals surface area contributed by atoms with E-state index in [-0.39, 0.29) is 107 Å². The van der Waals surface area contributed by atoms with Crippen molar-refractivity contribution in [3.05, 3.63) is 0 Å². The fourth-order valence-electron chi connectivity index (χ4n) is 3.86. The van der Waals surface area contributed by atoms with Crippen molar-refractivity contribution in [2.75, 3.05) is 46.1 Å². The van der Waals surface area contributed by atoms with Crippen LogP contribution in [-0.4, -0.2) is 104 Å². The van der Waals surface area contributed by atoms with Crippen LogP contribution >= 0.6 is 0 Å². The van der Waals surface area contributed by atoms with E-state index in [1.807, 2.05) is 0 Å².